The number of Topliss-reactive ketones (excluding diaryl/α,β-unsaturated/α-hetero) is 1. The van der Waals surface area contributed by atoms with Crippen LogP contribution in [0.2, 0.25) is 10.0 Å². The van der Waals surface area contributed by atoms with Crippen LogP contribution in [0.25, 0.3) is 0 Å². The van der Waals surface area contributed by atoms with Crippen LogP contribution in [0.1, 0.15) is 10.4 Å². The fourth-order valence-electron chi connectivity index (χ4n) is 1.51. The van der Waals surface area contributed by atoms with Crippen LogP contribution >= 0.6 is 23.2 Å². The molecule has 0 heterocycles. The monoisotopic (exact) mass is 317 g/mol. The van der Waals surface area contributed by atoms with Gasteiger partial charge in [-0.05, 0) is 48.5 Å². The third kappa shape index (κ3) is 4.06. The summed E-state index contributed by atoms with van der Waals surface area (Å²) in [6.07, 6.45) is 0. The minimum absolute atomic E-state index is 0.243. The Hall–Kier alpha value is -2.35. The Kier molecular flexibility index (Phi) is 4.94. The number of hydrazone groups is 1. The van der Waals surface area contributed by atoms with E-state index in [4.69, 9.17) is 28.5 Å². The molecule has 0 fully saturated rings. The van der Waals surface area contributed by atoms with E-state index in [1.807, 2.05) is 0 Å². The van der Waals surface area contributed by atoms with Gasteiger partial charge in [0.1, 0.15) is 6.07 Å². The summed E-state index contributed by atoms with van der Waals surface area (Å²) in [5.41, 5.74) is 3.37. The first-order valence-electron chi connectivity index (χ1n) is 5.90. The lowest BCUT2D eigenvalue weighted by Gasteiger charge is -2.02. The zero-order valence-corrected chi connectivity index (χ0v) is 12.2. The Labute approximate surface area is 131 Å². The Morgan fingerprint density at radius 2 is 1.52 bits per heavy atom. The molecular formula is C15H9Cl2N3O. The van der Waals surface area contributed by atoms with Crippen LogP contribution in [0, 0.1) is 11.3 Å². The van der Waals surface area contributed by atoms with Crippen molar-refractivity contribution in [3.8, 4) is 6.07 Å². The predicted octanol–water partition coefficient (Wildman–Crippen LogP) is 4.17. The van der Waals surface area contributed by atoms with Gasteiger partial charge in [-0.3, -0.25) is 10.2 Å². The molecule has 104 valence electrons. The van der Waals surface area contributed by atoms with Gasteiger partial charge in [-0.1, -0.05) is 23.2 Å². The Balaban J connectivity index is 2.17. The molecule has 0 bridgehead atoms. The predicted molar refractivity (Wildman–Crippen MR) is 83.9 cm³/mol. The average molecular weight is 318 g/mol. The molecule has 0 amide bonds. The van der Waals surface area contributed by atoms with Crippen molar-refractivity contribution in [3.05, 3.63) is 64.1 Å². The molecule has 0 aliphatic carbocycles. The minimum Gasteiger partial charge on any atom is -0.286 e. The van der Waals surface area contributed by atoms with Gasteiger partial charge in [-0.15, -0.1) is 0 Å². The zero-order valence-electron chi connectivity index (χ0n) is 10.7. The lowest BCUT2D eigenvalue weighted by atomic mass is 10.1. The lowest BCUT2D eigenvalue weighted by molar-refractivity contribution is 0.106. The van der Waals surface area contributed by atoms with Crippen molar-refractivity contribution in [3.63, 3.8) is 0 Å². The minimum atomic E-state index is -0.476. The van der Waals surface area contributed by atoms with Crippen LogP contribution in [0.3, 0.4) is 0 Å². The van der Waals surface area contributed by atoms with Gasteiger partial charge < -0.3 is 0 Å². The molecule has 0 aliphatic rings. The number of benzene rings is 2. The number of nitriles is 1. The first-order chi connectivity index (χ1) is 10.1. The molecule has 2 rings (SSSR count). The van der Waals surface area contributed by atoms with Gasteiger partial charge in [-0.25, -0.2) is 0 Å². The molecule has 2 aromatic rings. The summed E-state index contributed by atoms with van der Waals surface area (Å²) in [5.74, 6) is -0.476. The lowest BCUT2D eigenvalue weighted by Crippen LogP contribution is -2.14. The zero-order chi connectivity index (χ0) is 15.2. The fraction of sp³-hybridized carbons (Fsp3) is 0. The van der Waals surface area contributed by atoms with Gasteiger partial charge in [0.2, 0.25) is 11.5 Å². The number of nitrogens with one attached hydrogen (secondary N) is 1. The number of halogens is 2. The molecule has 0 saturated carbocycles. The molecule has 0 aliphatic heterocycles. The van der Waals surface area contributed by atoms with Crippen molar-refractivity contribution in [1.82, 2.24) is 0 Å². The maximum atomic E-state index is 12.1. The Bertz CT molecular complexity index is 716. The van der Waals surface area contributed by atoms with E-state index >= 15 is 0 Å². The number of hydrogen-bond donors (Lipinski definition) is 1. The molecule has 4 nitrogen and oxygen atoms in total. The quantitative estimate of drug-likeness (QED) is 0.523. The smallest absolute Gasteiger partial charge is 0.223 e. The highest BCUT2D eigenvalue weighted by Crippen LogP contribution is 2.14. The average Bonchev–Trinajstić information content (AvgIpc) is 2.50. The normalized spacial score (nSPS) is 10.8. The van der Waals surface area contributed by atoms with Crippen molar-refractivity contribution in [1.29, 1.82) is 5.26 Å². The summed E-state index contributed by atoms with van der Waals surface area (Å²) >= 11 is 11.5. The van der Waals surface area contributed by atoms with E-state index in [9.17, 15) is 4.79 Å². The molecule has 21 heavy (non-hydrogen) atoms. The highest BCUT2D eigenvalue weighted by Gasteiger charge is 2.13. The van der Waals surface area contributed by atoms with Crippen molar-refractivity contribution in [2.45, 2.75) is 0 Å². The van der Waals surface area contributed by atoms with E-state index in [0.717, 1.165) is 0 Å². The molecule has 0 atom stereocenters. The van der Waals surface area contributed by atoms with Crippen molar-refractivity contribution >= 4 is 40.4 Å². The van der Waals surface area contributed by atoms with Gasteiger partial charge in [0.25, 0.3) is 0 Å². The van der Waals surface area contributed by atoms with Crippen LogP contribution in [-0.2, 0) is 0 Å². The van der Waals surface area contributed by atoms with Crippen molar-refractivity contribution in [2.75, 3.05) is 5.43 Å². The summed E-state index contributed by atoms with van der Waals surface area (Å²) in [7, 11) is 0. The molecule has 0 aromatic heterocycles. The number of anilines is 1. The maximum absolute atomic E-state index is 12.1. The van der Waals surface area contributed by atoms with Crippen LogP contribution in [0.4, 0.5) is 5.69 Å². The Morgan fingerprint density at radius 1 is 1.00 bits per heavy atom. The number of carbonyl (C=O) groups is 1. The SMILES string of the molecule is N#CC(=NNc1ccc(Cl)cc1)C(=O)c1ccc(Cl)cc1. The standard InChI is InChI=1S/C15H9Cl2N3O/c16-11-3-1-10(2-4-11)15(21)14(9-18)20-19-13-7-5-12(17)6-8-13/h1-8,19H. The van der Waals surface area contributed by atoms with Gasteiger partial charge in [0.05, 0.1) is 5.69 Å². The molecule has 1 N–H and O–H groups in total. The van der Waals surface area contributed by atoms with Gasteiger partial charge in [0.15, 0.2) is 0 Å². The first-order valence-corrected chi connectivity index (χ1v) is 6.65. The second kappa shape index (κ2) is 6.89. The number of nitrogens with zero attached hydrogens (tertiary/aromatic N) is 2. The number of carbonyl (C=O) groups excluding carboxylic acids is 1. The third-order valence-corrected chi connectivity index (χ3v) is 3.07. The van der Waals surface area contributed by atoms with Gasteiger partial charge in [0, 0.05) is 15.6 Å². The molecule has 0 saturated heterocycles. The van der Waals surface area contributed by atoms with Gasteiger partial charge in [-0.2, -0.15) is 10.4 Å². The highest BCUT2D eigenvalue weighted by atomic mass is 35.5. The summed E-state index contributed by atoms with van der Waals surface area (Å²) < 4.78 is 0. The van der Waals surface area contributed by atoms with Crippen molar-refractivity contribution < 1.29 is 4.79 Å². The maximum Gasteiger partial charge on any atom is 0.223 e. The molecule has 0 unspecified atom stereocenters. The molecule has 0 radical (unpaired) electrons. The summed E-state index contributed by atoms with van der Waals surface area (Å²) in [4.78, 5) is 12.1. The fourth-order valence-corrected chi connectivity index (χ4v) is 1.76. The highest BCUT2D eigenvalue weighted by molar-refractivity contribution is 6.51. The number of hydrogen-bond acceptors (Lipinski definition) is 4. The van der Waals surface area contributed by atoms with E-state index < -0.39 is 5.78 Å². The number of ketones is 1. The van der Waals surface area contributed by atoms with E-state index in [1.54, 1.807) is 54.6 Å². The number of rotatable bonds is 4. The second-order valence-corrected chi connectivity index (χ2v) is 4.90. The molecular weight excluding hydrogens is 309 g/mol. The van der Waals surface area contributed by atoms with Crippen molar-refractivity contribution in [2.24, 2.45) is 5.10 Å². The molecule has 2 aromatic carbocycles. The second-order valence-electron chi connectivity index (χ2n) is 4.03. The summed E-state index contributed by atoms with van der Waals surface area (Å²) in [6, 6.07) is 14.7. The Morgan fingerprint density at radius 3 is 2.05 bits per heavy atom. The summed E-state index contributed by atoms with van der Waals surface area (Å²) in [5, 5.41) is 14.0. The first kappa shape index (κ1) is 15.0. The summed E-state index contributed by atoms with van der Waals surface area (Å²) in [6.45, 7) is 0. The van der Waals surface area contributed by atoms with Crippen LogP contribution < -0.4 is 5.43 Å². The molecule has 6 heteroatoms. The van der Waals surface area contributed by atoms with E-state index in [-0.39, 0.29) is 5.71 Å². The molecule has 0 spiro atoms. The van der Waals surface area contributed by atoms with Crippen LogP contribution in [0.5, 0.6) is 0 Å². The van der Waals surface area contributed by atoms with E-state index in [1.165, 1.54) is 0 Å². The van der Waals surface area contributed by atoms with Gasteiger partial charge >= 0.3 is 0 Å². The topological polar surface area (TPSA) is 65.2 Å². The largest absolute Gasteiger partial charge is 0.286 e. The third-order valence-electron chi connectivity index (χ3n) is 2.57. The van der Waals surface area contributed by atoms with Crippen LogP contribution in [0.15, 0.2) is 53.6 Å². The van der Waals surface area contributed by atoms with Crippen LogP contribution in [-0.4, -0.2) is 11.5 Å². The van der Waals surface area contributed by atoms with E-state index in [0.29, 0.717) is 21.3 Å². The van der Waals surface area contributed by atoms with E-state index in [2.05, 4.69) is 10.5 Å².